The number of pyridine rings is 1. The standard InChI is InChI=1S/C21H19FN4O7/c1-23-11-32-19-16-12(18(27)15(10-26(16)23)33-21(29)30)9-13(22)17(19)24-4-6-25(7-5-24)20(28)14-3-2-8-31-14/h2-3,8-10H,4-7,11H2,1H3,(H,29,30). The number of aromatic nitrogens is 1. The van der Waals surface area contributed by atoms with E-state index in [2.05, 4.69) is 4.74 Å². The topological polar surface area (TPSA) is 118 Å². The van der Waals surface area contributed by atoms with Gasteiger partial charge in [0.05, 0.1) is 17.8 Å². The number of hydrogen-bond donors (Lipinski definition) is 1. The van der Waals surface area contributed by atoms with E-state index in [0.29, 0.717) is 31.7 Å². The Balaban J connectivity index is 1.53. The maximum atomic E-state index is 15.3. The molecule has 172 valence electrons. The number of anilines is 1. The van der Waals surface area contributed by atoms with Crippen LogP contribution in [0.3, 0.4) is 0 Å². The number of hydrogen-bond acceptors (Lipinski definition) is 8. The van der Waals surface area contributed by atoms with Gasteiger partial charge in [-0.25, -0.2) is 9.18 Å². The van der Waals surface area contributed by atoms with Crippen molar-refractivity contribution in [3.8, 4) is 11.5 Å². The van der Waals surface area contributed by atoms with Gasteiger partial charge >= 0.3 is 6.16 Å². The highest BCUT2D eigenvalue weighted by atomic mass is 19.1. The van der Waals surface area contributed by atoms with E-state index in [1.807, 2.05) is 0 Å². The predicted octanol–water partition coefficient (Wildman–Crippen LogP) is 1.67. The highest BCUT2D eigenvalue weighted by molar-refractivity contribution is 5.94. The van der Waals surface area contributed by atoms with Crippen LogP contribution in [0.1, 0.15) is 10.6 Å². The Morgan fingerprint density at radius 2 is 1.97 bits per heavy atom. The number of halogens is 1. The summed E-state index contributed by atoms with van der Waals surface area (Å²) in [5.74, 6) is -0.952. The first-order valence-corrected chi connectivity index (χ1v) is 10.1. The maximum Gasteiger partial charge on any atom is 0.511 e. The Kier molecular flexibility index (Phi) is 4.84. The summed E-state index contributed by atoms with van der Waals surface area (Å²) in [5, 5.41) is 10.4. The molecule has 0 saturated carbocycles. The zero-order valence-corrected chi connectivity index (χ0v) is 17.5. The molecule has 0 unspecified atom stereocenters. The van der Waals surface area contributed by atoms with Crippen LogP contribution in [0, 0.1) is 5.82 Å². The van der Waals surface area contributed by atoms with Crippen molar-refractivity contribution >= 4 is 28.7 Å². The van der Waals surface area contributed by atoms with Crippen LogP contribution < -0.4 is 24.8 Å². The van der Waals surface area contributed by atoms with Gasteiger partial charge in [0, 0.05) is 33.2 Å². The summed E-state index contributed by atoms with van der Waals surface area (Å²) >= 11 is 0. The van der Waals surface area contributed by atoms with E-state index in [4.69, 9.17) is 14.3 Å². The van der Waals surface area contributed by atoms with Crippen molar-refractivity contribution in [3.05, 3.63) is 52.5 Å². The van der Waals surface area contributed by atoms with E-state index in [-0.39, 0.29) is 35.2 Å². The quantitative estimate of drug-likeness (QED) is 0.585. The fourth-order valence-corrected chi connectivity index (χ4v) is 4.15. The molecule has 2 aliphatic rings. The molecule has 1 amide bonds. The van der Waals surface area contributed by atoms with Crippen LogP contribution in [-0.2, 0) is 0 Å². The first kappa shape index (κ1) is 20.7. The largest absolute Gasteiger partial charge is 0.511 e. The van der Waals surface area contributed by atoms with Gasteiger partial charge in [0.2, 0.25) is 11.2 Å². The Bertz CT molecular complexity index is 1310. The molecule has 2 aliphatic heterocycles. The Hall–Kier alpha value is -4.22. The minimum atomic E-state index is -1.65. The lowest BCUT2D eigenvalue weighted by Gasteiger charge is -2.38. The summed E-state index contributed by atoms with van der Waals surface area (Å²) in [7, 11) is 1.67. The number of amides is 1. The van der Waals surface area contributed by atoms with Crippen LogP contribution in [0.25, 0.3) is 10.9 Å². The number of carboxylic acid groups (broad SMARTS) is 1. The minimum Gasteiger partial charge on any atom is -0.467 e. The van der Waals surface area contributed by atoms with Gasteiger partial charge in [0.15, 0.2) is 24.1 Å². The van der Waals surface area contributed by atoms with Gasteiger partial charge in [-0.1, -0.05) is 0 Å². The number of rotatable bonds is 3. The summed E-state index contributed by atoms with van der Waals surface area (Å²) in [4.78, 5) is 39.7. The van der Waals surface area contributed by atoms with Crippen molar-refractivity contribution < 1.29 is 33.0 Å². The molecule has 3 aromatic rings. The van der Waals surface area contributed by atoms with E-state index in [9.17, 15) is 14.4 Å². The average molecular weight is 458 g/mol. The molecule has 4 heterocycles. The first-order chi connectivity index (χ1) is 15.8. The summed E-state index contributed by atoms with van der Waals surface area (Å²) in [5.41, 5.74) is -0.277. The van der Waals surface area contributed by atoms with Gasteiger partial charge < -0.3 is 28.8 Å². The summed E-state index contributed by atoms with van der Waals surface area (Å²) < 4.78 is 32.4. The lowest BCUT2D eigenvalue weighted by Crippen LogP contribution is -2.49. The van der Waals surface area contributed by atoms with Crippen LogP contribution in [0.5, 0.6) is 11.5 Å². The van der Waals surface area contributed by atoms with Crippen molar-refractivity contribution in [1.82, 2.24) is 9.58 Å². The molecule has 0 spiro atoms. The molecule has 33 heavy (non-hydrogen) atoms. The molecule has 0 radical (unpaired) electrons. The van der Waals surface area contributed by atoms with Crippen molar-refractivity contribution in [2.24, 2.45) is 0 Å². The Morgan fingerprint density at radius 1 is 1.21 bits per heavy atom. The van der Waals surface area contributed by atoms with E-state index in [0.717, 1.165) is 6.07 Å². The molecule has 11 nitrogen and oxygen atoms in total. The summed E-state index contributed by atoms with van der Waals surface area (Å²) in [6.07, 6.45) is 1.03. The molecule has 5 rings (SSSR count). The number of ether oxygens (including phenoxy) is 2. The van der Waals surface area contributed by atoms with Gasteiger partial charge in [-0.2, -0.15) is 0 Å². The van der Waals surface area contributed by atoms with Crippen molar-refractivity contribution in [2.45, 2.75) is 0 Å². The van der Waals surface area contributed by atoms with Crippen LogP contribution in [0.2, 0.25) is 0 Å². The van der Waals surface area contributed by atoms with E-state index in [1.54, 1.807) is 34.0 Å². The highest BCUT2D eigenvalue weighted by Crippen LogP contribution is 2.40. The Labute approximate surface area is 185 Å². The predicted molar refractivity (Wildman–Crippen MR) is 113 cm³/mol. The normalized spacial score (nSPS) is 15.5. The molecule has 0 aliphatic carbocycles. The molecular weight excluding hydrogens is 439 g/mol. The molecule has 0 bridgehead atoms. The van der Waals surface area contributed by atoms with Crippen LogP contribution in [0.15, 0.2) is 39.9 Å². The number of piperazine rings is 1. The first-order valence-electron chi connectivity index (χ1n) is 10.1. The monoisotopic (exact) mass is 458 g/mol. The number of furan rings is 1. The molecule has 0 atom stereocenters. The van der Waals surface area contributed by atoms with E-state index < -0.39 is 23.2 Å². The summed E-state index contributed by atoms with van der Waals surface area (Å²) in [6, 6.07) is 4.29. The highest BCUT2D eigenvalue weighted by Gasteiger charge is 2.32. The molecule has 1 N–H and O–H groups in total. The van der Waals surface area contributed by atoms with Crippen molar-refractivity contribution in [3.63, 3.8) is 0 Å². The Morgan fingerprint density at radius 3 is 2.64 bits per heavy atom. The number of carbonyl (C=O) groups excluding carboxylic acids is 1. The second kappa shape index (κ2) is 7.73. The molecule has 1 saturated heterocycles. The molecule has 1 fully saturated rings. The molecule has 12 heteroatoms. The SMILES string of the molecule is CN1COc2c(N3CCN(C(=O)c4ccco4)CC3)c(F)cc3c(=O)c(OC(=O)O)cn1c23. The van der Waals surface area contributed by atoms with Gasteiger partial charge in [-0.05, 0) is 18.2 Å². The zero-order chi connectivity index (χ0) is 23.3. The molecule has 2 aromatic heterocycles. The number of benzene rings is 1. The van der Waals surface area contributed by atoms with E-state index in [1.165, 1.54) is 17.1 Å². The van der Waals surface area contributed by atoms with Gasteiger partial charge in [-0.3, -0.25) is 19.3 Å². The number of carbonyl (C=O) groups is 2. The third kappa shape index (κ3) is 3.39. The van der Waals surface area contributed by atoms with Crippen LogP contribution in [0.4, 0.5) is 14.9 Å². The lowest BCUT2D eigenvalue weighted by molar-refractivity contribution is 0.0714. The van der Waals surface area contributed by atoms with Crippen LogP contribution >= 0.6 is 0 Å². The van der Waals surface area contributed by atoms with Crippen molar-refractivity contribution in [1.29, 1.82) is 0 Å². The van der Waals surface area contributed by atoms with Gasteiger partial charge in [0.1, 0.15) is 11.2 Å². The fourth-order valence-electron chi connectivity index (χ4n) is 4.15. The third-order valence-corrected chi connectivity index (χ3v) is 5.70. The van der Waals surface area contributed by atoms with Crippen LogP contribution in [-0.4, -0.2) is 66.7 Å². The maximum absolute atomic E-state index is 15.3. The zero-order valence-electron chi connectivity index (χ0n) is 17.5. The van der Waals surface area contributed by atoms with Gasteiger partial charge in [0.25, 0.3) is 5.91 Å². The molecular formula is C21H19FN4O7. The van der Waals surface area contributed by atoms with Crippen molar-refractivity contribution in [2.75, 3.05) is 49.9 Å². The average Bonchev–Trinajstić information content (AvgIpc) is 3.33. The third-order valence-electron chi connectivity index (χ3n) is 5.70. The van der Waals surface area contributed by atoms with E-state index >= 15 is 4.39 Å². The smallest absolute Gasteiger partial charge is 0.467 e. The lowest BCUT2D eigenvalue weighted by atomic mass is 10.1. The van der Waals surface area contributed by atoms with Gasteiger partial charge in [-0.15, -0.1) is 0 Å². The summed E-state index contributed by atoms with van der Waals surface area (Å²) in [6.45, 7) is 1.39. The number of nitrogens with zero attached hydrogens (tertiary/aromatic N) is 4. The minimum absolute atomic E-state index is 0.0326. The second-order valence-corrected chi connectivity index (χ2v) is 7.65. The second-order valence-electron chi connectivity index (χ2n) is 7.65. The molecule has 1 aromatic carbocycles. The fraction of sp³-hybridized carbons (Fsp3) is 0.286.